The number of benzene rings is 1. The fraction of sp³-hybridized carbons (Fsp3) is 0.438. The van der Waals surface area contributed by atoms with Crippen LogP contribution >= 0.6 is 0 Å². The van der Waals surface area contributed by atoms with Crippen LogP contribution < -0.4 is 14.8 Å². The van der Waals surface area contributed by atoms with Crippen LogP contribution in [0.1, 0.15) is 43.7 Å². The van der Waals surface area contributed by atoms with Gasteiger partial charge < -0.3 is 19.8 Å². The number of methoxy groups -OCH3 is 2. The van der Waals surface area contributed by atoms with Crippen LogP contribution in [-0.2, 0) is 0 Å². The van der Waals surface area contributed by atoms with E-state index in [2.05, 4.69) is 29.1 Å². The SMILES string of the molecule is CCC(NC(C)c1cc(OC)ccc1OC)c1ncc[nH]1. The van der Waals surface area contributed by atoms with Crippen molar-refractivity contribution in [3.05, 3.63) is 42.0 Å². The Bertz CT molecular complexity index is 555. The van der Waals surface area contributed by atoms with Crippen LogP contribution in [0.5, 0.6) is 11.5 Å². The highest BCUT2D eigenvalue weighted by atomic mass is 16.5. The van der Waals surface area contributed by atoms with Crippen molar-refractivity contribution in [3.63, 3.8) is 0 Å². The minimum Gasteiger partial charge on any atom is -0.497 e. The summed E-state index contributed by atoms with van der Waals surface area (Å²) in [5, 5.41) is 3.58. The number of imidazole rings is 1. The van der Waals surface area contributed by atoms with Gasteiger partial charge in [-0.15, -0.1) is 0 Å². The number of aromatic amines is 1. The maximum absolute atomic E-state index is 5.45. The molecule has 0 saturated heterocycles. The molecule has 2 N–H and O–H groups in total. The molecule has 21 heavy (non-hydrogen) atoms. The van der Waals surface area contributed by atoms with Crippen LogP contribution in [0.15, 0.2) is 30.6 Å². The lowest BCUT2D eigenvalue weighted by Gasteiger charge is -2.23. The summed E-state index contributed by atoms with van der Waals surface area (Å²) in [4.78, 5) is 7.50. The molecule has 114 valence electrons. The van der Waals surface area contributed by atoms with Crippen molar-refractivity contribution < 1.29 is 9.47 Å². The predicted octanol–water partition coefficient (Wildman–Crippen LogP) is 3.23. The average Bonchev–Trinajstić information content (AvgIpc) is 3.05. The van der Waals surface area contributed by atoms with Crippen molar-refractivity contribution in [1.82, 2.24) is 15.3 Å². The lowest BCUT2D eigenvalue weighted by molar-refractivity contribution is 0.381. The molecule has 0 radical (unpaired) electrons. The maximum Gasteiger partial charge on any atom is 0.123 e. The molecule has 1 aromatic heterocycles. The van der Waals surface area contributed by atoms with E-state index in [1.165, 1.54) is 0 Å². The van der Waals surface area contributed by atoms with Gasteiger partial charge >= 0.3 is 0 Å². The van der Waals surface area contributed by atoms with Crippen LogP contribution in [-0.4, -0.2) is 24.2 Å². The summed E-state index contributed by atoms with van der Waals surface area (Å²) >= 11 is 0. The highest BCUT2D eigenvalue weighted by Crippen LogP contribution is 2.30. The predicted molar refractivity (Wildman–Crippen MR) is 82.7 cm³/mol. The second kappa shape index (κ2) is 7.13. The van der Waals surface area contributed by atoms with Crippen LogP contribution in [0.3, 0.4) is 0 Å². The number of hydrogen-bond donors (Lipinski definition) is 2. The van der Waals surface area contributed by atoms with Crippen molar-refractivity contribution >= 4 is 0 Å². The number of ether oxygens (including phenoxy) is 2. The molecule has 2 rings (SSSR count). The number of H-pyrrole nitrogens is 1. The molecule has 5 heteroatoms. The molecule has 1 aromatic carbocycles. The summed E-state index contributed by atoms with van der Waals surface area (Å²) in [6.07, 6.45) is 4.57. The van der Waals surface area contributed by atoms with Gasteiger partial charge in [0, 0.05) is 24.0 Å². The Balaban J connectivity index is 2.20. The lowest BCUT2D eigenvalue weighted by Crippen LogP contribution is -2.25. The minimum absolute atomic E-state index is 0.116. The Hall–Kier alpha value is -2.01. The second-order valence-electron chi connectivity index (χ2n) is 4.93. The summed E-state index contributed by atoms with van der Waals surface area (Å²) in [5.41, 5.74) is 1.07. The quantitative estimate of drug-likeness (QED) is 0.821. The highest BCUT2D eigenvalue weighted by molar-refractivity contribution is 5.42. The summed E-state index contributed by atoms with van der Waals surface area (Å²) in [6, 6.07) is 6.13. The third-order valence-electron chi connectivity index (χ3n) is 3.61. The molecule has 0 fully saturated rings. The van der Waals surface area contributed by atoms with E-state index >= 15 is 0 Å². The van der Waals surface area contributed by atoms with Gasteiger partial charge in [0.1, 0.15) is 17.3 Å². The molecule has 0 bridgehead atoms. The maximum atomic E-state index is 5.45. The number of nitrogens with zero attached hydrogens (tertiary/aromatic N) is 1. The van der Waals surface area contributed by atoms with Gasteiger partial charge in [-0.1, -0.05) is 6.92 Å². The van der Waals surface area contributed by atoms with Gasteiger partial charge in [0.2, 0.25) is 0 Å². The van der Waals surface area contributed by atoms with Crippen molar-refractivity contribution in [2.24, 2.45) is 0 Å². The number of nitrogens with one attached hydrogen (secondary N) is 2. The van der Waals surface area contributed by atoms with Gasteiger partial charge in [-0.25, -0.2) is 4.98 Å². The first kappa shape index (κ1) is 15.4. The van der Waals surface area contributed by atoms with E-state index < -0.39 is 0 Å². The zero-order valence-electron chi connectivity index (χ0n) is 13.0. The number of aromatic nitrogens is 2. The van der Waals surface area contributed by atoms with E-state index in [4.69, 9.17) is 9.47 Å². The zero-order chi connectivity index (χ0) is 15.2. The molecular formula is C16H23N3O2. The van der Waals surface area contributed by atoms with Crippen molar-refractivity contribution in [3.8, 4) is 11.5 Å². The molecule has 1 heterocycles. The van der Waals surface area contributed by atoms with E-state index in [1.807, 2.05) is 24.4 Å². The number of hydrogen-bond acceptors (Lipinski definition) is 4. The number of rotatable bonds is 7. The normalized spacial score (nSPS) is 13.7. The Labute approximate surface area is 125 Å². The van der Waals surface area contributed by atoms with Gasteiger partial charge in [-0.3, -0.25) is 0 Å². The molecule has 0 spiro atoms. The largest absolute Gasteiger partial charge is 0.497 e. The van der Waals surface area contributed by atoms with Gasteiger partial charge in [0.05, 0.1) is 20.3 Å². The van der Waals surface area contributed by atoms with Crippen LogP contribution in [0, 0.1) is 0 Å². The second-order valence-corrected chi connectivity index (χ2v) is 4.93. The van der Waals surface area contributed by atoms with Crippen molar-refractivity contribution in [2.45, 2.75) is 32.4 Å². The molecule has 2 atom stereocenters. The molecule has 0 aliphatic rings. The van der Waals surface area contributed by atoms with E-state index in [9.17, 15) is 0 Å². The average molecular weight is 289 g/mol. The first-order chi connectivity index (χ1) is 10.2. The first-order valence-electron chi connectivity index (χ1n) is 7.16. The Morgan fingerprint density at radius 1 is 1.29 bits per heavy atom. The molecule has 0 aliphatic carbocycles. The monoisotopic (exact) mass is 289 g/mol. The first-order valence-corrected chi connectivity index (χ1v) is 7.16. The Kier molecular flexibility index (Phi) is 5.22. The van der Waals surface area contributed by atoms with E-state index in [0.717, 1.165) is 29.3 Å². The molecular weight excluding hydrogens is 266 g/mol. The van der Waals surface area contributed by atoms with Crippen molar-refractivity contribution in [2.75, 3.05) is 14.2 Å². The summed E-state index contributed by atoms with van der Waals surface area (Å²) < 4.78 is 10.8. The van der Waals surface area contributed by atoms with Gasteiger partial charge in [-0.05, 0) is 31.5 Å². The fourth-order valence-electron chi connectivity index (χ4n) is 2.43. The molecule has 2 aromatic rings. The van der Waals surface area contributed by atoms with Gasteiger partial charge in [0.15, 0.2) is 0 Å². The van der Waals surface area contributed by atoms with Crippen LogP contribution in [0.4, 0.5) is 0 Å². The zero-order valence-corrected chi connectivity index (χ0v) is 13.0. The van der Waals surface area contributed by atoms with Crippen LogP contribution in [0.2, 0.25) is 0 Å². The molecule has 2 unspecified atom stereocenters. The molecule has 0 saturated carbocycles. The Morgan fingerprint density at radius 2 is 2.10 bits per heavy atom. The van der Waals surface area contributed by atoms with E-state index in [0.29, 0.717) is 0 Å². The minimum atomic E-state index is 0.116. The topological polar surface area (TPSA) is 59.2 Å². The standard InChI is InChI=1S/C16H23N3O2/c1-5-14(16-17-8-9-18-16)19-11(2)13-10-12(20-3)6-7-15(13)21-4/h6-11,14,19H,5H2,1-4H3,(H,17,18). The summed E-state index contributed by atoms with van der Waals surface area (Å²) in [6.45, 7) is 4.25. The fourth-order valence-corrected chi connectivity index (χ4v) is 2.43. The van der Waals surface area contributed by atoms with Crippen molar-refractivity contribution in [1.29, 1.82) is 0 Å². The van der Waals surface area contributed by atoms with Gasteiger partial charge in [-0.2, -0.15) is 0 Å². The third kappa shape index (κ3) is 3.55. The molecule has 0 aliphatic heterocycles. The summed E-state index contributed by atoms with van der Waals surface area (Å²) in [7, 11) is 3.35. The smallest absolute Gasteiger partial charge is 0.123 e. The van der Waals surface area contributed by atoms with Gasteiger partial charge in [0.25, 0.3) is 0 Å². The van der Waals surface area contributed by atoms with E-state index in [-0.39, 0.29) is 12.1 Å². The Morgan fingerprint density at radius 3 is 2.67 bits per heavy atom. The van der Waals surface area contributed by atoms with E-state index in [1.54, 1.807) is 20.4 Å². The molecule has 0 amide bonds. The lowest BCUT2D eigenvalue weighted by atomic mass is 10.0. The highest BCUT2D eigenvalue weighted by Gasteiger charge is 2.18. The van der Waals surface area contributed by atoms with Crippen LogP contribution in [0.25, 0.3) is 0 Å². The summed E-state index contributed by atoms with van der Waals surface area (Å²) in [5.74, 6) is 2.63. The molecule has 5 nitrogen and oxygen atoms in total. The third-order valence-corrected chi connectivity index (χ3v) is 3.61.